The van der Waals surface area contributed by atoms with Gasteiger partial charge in [-0.2, -0.15) is 0 Å². The molecule has 0 aliphatic heterocycles. The summed E-state index contributed by atoms with van der Waals surface area (Å²) in [4.78, 5) is 26.1. The third kappa shape index (κ3) is 5.51. The lowest BCUT2D eigenvalue weighted by Gasteiger charge is -2.28. The Bertz CT molecular complexity index is 494. The summed E-state index contributed by atoms with van der Waals surface area (Å²) >= 11 is 0. The summed E-state index contributed by atoms with van der Waals surface area (Å²) in [5.74, 6) is 0.291. The lowest BCUT2D eigenvalue weighted by molar-refractivity contribution is -0.140. The van der Waals surface area contributed by atoms with Crippen LogP contribution in [0.5, 0.6) is 0 Å². The van der Waals surface area contributed by atoms with E-state index in [9.17, 15) is 9.59 Å². The van der Waals surface area contributed by atoms with Crippen LogP contribution in [-0.4, -0.2) is 29.3 Å². The van der Waals surface area contributed by atoms with E-state index in [0.717, 1.165) is 5.56 Å². The zero-order chi connectivity index (χ0) is 16.7. The largest absolute Gasteiger partial charge is 0.354 e. The van der Waals surface area contributed by atoms with Gasteiger partial charge in [-0.05, 0) is 25.3 Å². The zero-order valence-electron chi connectivity index (χ0n) is 14.3. The van der Waals surface area contributed by atoms with Gasteiger partial charge in [0.2, 0.25) is 11.8 Å². The highest BCUT2D eigenvalue weighted by atomic mass is 16.2. The second kappa shape index (κ2) is 8.57. The van der Waals surface area contributed by atoms with Crippen molar-refractivity contribution in [2.24, 2.45) is 5.92 Å². The van der Waals surface area contributed by atoms with Crippen molar-refractivity contribution in [3.63, 3.8) is 0 Å². The maximum absolute atomic E-state index is 12.2. The molecular weight excluding hydrogens is 276 g/mol. The van der Waals surface area contributed by atoms with Crippen LogP contribution >= 0.6 is 0 Å². The van der Waals surface area contributed by atoms with Crippen molar-refractivity contribution >= 4 is 11.8 Å². The van der Waals surface area contributed by atoms with E-state index in [-0.39, 0.29) is 11.8 Å². The molecule has 0 spiro atoms. The maximum atomic E-state index is 12.2. The van der Waals surface area contributed by atoms with E-state index in [2.05, 4.69) is 5.32 Å². The van der Waals surface area contributed by atoms with E-state index in [1.807, 2.05) is 52.0 Å². The molecule has 2 amide bonds. The highest BCUT2D eigenvalue weighted by Crippen LogP contribution is 2.12. The molecule has 4 nitrogen and oxygen atoms in total. The molecule has 1 rings (SSSR count). The van der Waals surface area contributed by atoms with Crippen molar-refractivity contribution < 1.29 is 9.59 Å². The highest BCUT2D eigenvalue weighted by molar-refractivity contribution is 5.87. The minimum Gasteiger partial charge on any atom is -0.354 e. The van der Waals surface area contributed by atoms with Crippen LogP contribution < -0.4 is 5.32 Å². The number of nitrogens with one attached hydrogen (secondary N) is 1. The van der Waals surface area contributed by atoms with Crippen molar-refractivity contribution in [2.45, 2.75) is 53.6 Å². The molecule has 0 fully saturated rings. The van der Waals surface area contributed by atoms with Gasteiger partial charge < -0.3 is 10.2 Å². The number of amides is 2. The average molecular weight is 304 g/mol. The topological polar surface area (TPSA) is 49.4 Å². The van der Waals surface area contributed by atoms with Gasteiger partial charge in [-0.15, -0.1) is 0 Å². The summed E-state index contributed by atoms with van der Waals surface area (Å²) in [5, 5.41) is 2.90. The first-order valence-corrected chi connectivity index (χ1v) is 7.97. The molecule has 0 radical (unpaired) electrons. The van der Waals surface area contributed by atoms with Crippen molar-refractivity contribution in [1.82, 2.24) is 10.2 Å². The predicted molar refractivity (Wildman–Crippen MR) is 89.3 cm³/mol. The third-order valence-corrected chi connectivity index (χ3v) is 3.63. The monoisotopic (exact) mass is 304 g/mol. The van der Waals surface area contributed by atoms with Gasteiger partial charge in [0, 0.05) is 19.5 Å². The van der Waals surface area contributed by atoms with Crippen LogP contribution in [0.15, 0.2) is 24.3 Å². The molecule has 0 aromatic heterocycles. The van der Waals surface area contributed by atoms with Crippen molar-refractivity contribution in [1.29, 1.82) is 0 Å². The molecule has 0 unspecified atom stereocenters. The van der Waals surface area contributed by atoms with E-state index >= 15 is 0 Å². The van der Waals surface area contributed by atoms with Gasteiger partial charge in [0.1, 0.15) is 6.04 Å². The molecule has 22 heavy (non-hydrogen) atoms. The standard InChI is InChI=1S/C18H28N2O2/c1-6-17(21)20(12-16-9-7-14(4)8-10-16)15(5)18(22)19-11-13(2)3/h7-10,13,15H,6,11-12H2,1-5H3,(H,19,22)/t15-/m0/s1. The molecule has 1 atom stereocenters. The van der Waals surface area contributed by atoms with Gasteiger partial charge in [-0.1, -0.05) is 50.6 Å². The minimum absolute atomic E-state index is 0.00669. The Morgan fingerprint density at radius 2 is 1.73 bits per heavy atom. The Morgan fingerprint density at radius 1 is 1.14 bits per heavy atom. The first kappa shape index (κ1) is 18.2. The van der Waals surface area contributed by atoms with E-state index < -0.39 is 6.04 Å². The molecule has 0 aliphatic carbocycles. The molecule has 0 saturated carbocycles. The first-order valence-electron chi connectivity index (χ1n) is 7.97. The SMILES string of the molecule is CCC(=O)N(Cc1ccc(C)cc1)[C@@H](C)C(=O)NCC(C)C. The molecule has 0 bridgehead atoms. The Hall–Kier alpha value is -1.84. The fourth-order valence-electron chi connectivity index (χ4n) is 2.13. The number of carbonyl (C=O) groups is 2. The van der Waals surface area contributed by atoms with E-state index in [0.29, 0.717) is 25.4 Å². The number of aryl methyl sites for hydroxylation is 1. The summed E-state index contributed by atoms with van der Waals surface area (Å²) in [6.45, 7) is 10.8. The van der Waals surface area contributed by atoms with Crippen LogP contribution in [0.3, 0.4) is 0 Å². The second-order valence-corrected chi connectivity index (χ2v) is 6.18. The van der Waals surface area contributed by atoms with Crippen LogP contribution in [0.4, 0.5) is 0 Å². The van der Waals surface area contributed by atoms with Gasteiger partial charge >= 0.3 is 0 Å². The van der Waals surface area contributed by atoms with Gasteiger partial charge in [-0.25, -0.2) is 0 Å². The van der Waals surface area contributed by atoms with Crippen LogP contribution in [0.1, 0.15) is 45.2 Å². The quantitative estimate of drug-likeness (QED) is 0.842. The minimum atomic E-state index is -0.465. The van der Waals surface area contributed by atoms with Gasteiger partial charge in [0.05, 0.1) is 0 Å². The van der Waals surface area contributed by atoms with Crippen LogP contribution in [0, 0.1) is 12.8 Å². The summed E-state index contributed by atoms with van der Waals surface area (Å²) in [5.41, 5.74) is 2.22. The van der Waals surface area contributed by atoms with Crippen molar-refractivity contribution in [3.05, 3.63) is 35.4 Å². The normalized spacial score (nSPS) is 12.1. The average Bonchev–Trinajstić information content (AvgIpc) is 2.50. The number of nitrogens with zero attached hydrogens (tertiary/aromatic N) is 1. The Morgan fingerprint density at radius 3 is 2.23 bits per heavy atom. The Balaban J connectivity index is 2.81. The molecular formula is C18H28N2O2. The van der Waals surface area contributed by atoms with Crippen LogP contribution in [0.2, 0.25) is 0 Å². The predicted octanol–water partition coefficient (Wildman–Crippen LogP) is 2.89. The lowest BCUT2D eigenvalue weighted by Crippen LogP contribution is -2.48. The summed E-state index contributed by atoms with van der Waals surface area (Å²) in [6, 6.07) is 7.59. The fraction of sp³-hybridized carbons (Fsp3) is 0.556. The van der Waals surface area contributed by atoms with E-state index in [4.69, 9.17) is 0 Å². The molecule has 1 aromatic carbocycles. The molecule has 122 valence electrons. The summed E-state index contributed by atoms with van der Waals surface area (Å²) < 4.78 is 0. The number of carbonyl (C=O) groups excluding carboxylic acids is 2. The third-order valence-electron chi connectivity index (χ3n) is 3.63. The number of hydrogen-bond acceptors (Lipinski definition) is 2. The molecule has 0 saturated heterocycles. The van der Waals surface area contributed by atoms with E-state index in [1.54, 1.807) is 11.8 Å². The molecule has 1 aromatic rings. The summed E-state index contributed by atoms with van der Waals surface area (Å²) in [7, 11) is 0. The van der Waals surface area contributed by atoms with Gasteiger partial charge in [-0.3, -0.25) is 9.59 Å². The maximum Gasteiger partial charge on any atom is 0.242 e. The summed E-state index contributed by atoms with van der Waals surface area (Å²) in [6.07, 6.45) is 0.396. The lowest BCUT2D eigenvalue weighted by atomic mass is 10.1. The Kier molecular flexibility index (Phi) is 7.09. The molecule has 4 heteroatoms. The molecule has 0 aliphatic rings. The van der Waals surface area contributed by atoms with Gasteiger partial charge in [0.25, 0.3) is 0 Å². The zero-order valence-corrected chi connectivity index (χ0v) is 14.3. The second-order valence-electron chi connectivity index (χ2n) is 6.18. The molecule has 0 heterocycles. The van der Waals surface area contributed by atoms with Crippen molar-refractivity contribution in [2.75, 3.05) is 6.54 Å². The van der Waals surface area contributed by atoms with Crippen LogP contribution in [-0.2, 0) is 16.1 Å². The van der Waals surface area contributed by atoms with E-state index in [1.165, 1.54) is 5.56 Å². The number of rotatable bonds is 7. The fourth-order valence-corrected chi connectivity index (χ4v) is 2.13. The smallest absolute Gasteiger partial charge is 0.242 e. The molecule has 1 N–H and O–H groups in total. The van der Waals surface area contributed by atoms with Crippen molar-refractivity contribution in [3.8, 4) is 0 Å². The first-order chi connectivity index (χ1) is 10.3. The number of hydrogen-bond donors (Lipinski definition) is 1. The highest BCUT2D eigenvalue weighted by Gasteiger charge is 2.24. The number of benzene rings is 1. The van der Waals surface area contributed by atoms with Gasteiger partial charge in [0.15, 0.2) is 0 Å². The van der Waals surface area contributed by atoms with Crippen LogP contribution in [0.25, 0.3) is 0 Å². The Labute approximate surface area is 133 Å².